The number of para-hydroxylation sites is 1. The van der Waals surface area contributed by atoms with Gasteiger partial charge in [0, 0.05) is 18.9 Å². The highest BCUT2D eigenvalue weighted by atomic mass is 32.2. The Labute approximate surface area is 180 Å². The van der Waals surface area contributed by atoms with Crippen molar-refractivity contribution in [3.63, 3.8) is 0 Å². The van der Waals surface area contributed by atoms with Gasteiger partial charge >= 0.3 is 0 Å². The fourth-order valence-electron chi connectivity index (χ4n) is 3.60. The maximum absolute atomic E-state index is 13.3. The quantitative estimate of drug-likeness (QED) is 0.607. The van der Waals surface area contributed by atoms with Crippen molar-refractivity contribution in [1.82, 2.24) is 19.9 Å². The van der Waals surface area contributed by atoms with Gasteiger partial charge in [0.05, 0.1) is 41.1 Å². The smallest absolute Gasteiger partial charge is 0.256 e. The number of likely N-dealkylation sites (tertiary alicyclic amines) is 1. The van der Waals surface area contributed by atoms with Crippen molar-refractivity contribution < 1.29 is 13.2 Å². The van der Waals surface area contributed by atoms with Gasteiger partial charge < -0.3 is 10.2 Å². The molecule has 160 valence electrons. The van der Waals surface area contributed by atoms with E-state index in [2.05, 4.69) is 25.0 Å². The number of hydrogen-bond donors (Lipinski definition) is 2. The first-order valence-electron chi connectivity index (χ1n) is 9.78. The number of hydrogen-bond acceptors (Lipinski definition) is 7. The van der Waals surface area contributed by atoms with E-state index in [0.717, 1.165) is 30.5 Å². The first-order chi connectivity index (χ1) is 14.9. The lowest BCUT2D eigenvalue weighted by atomic mass is 10.1. The number of amides is 1. The monoisotopic (exact) mass is 438 g/mol. The van der Waals surface area contributed by atoms with Gasteiger partial charge in [0.25, 0.3) is 5.91 Å². The minimum Gasteiger partial charge on any atom is -0.330 e. The summed E-state index contributed by atoms with van der Waals surface area (Å²) in [4.78, 5) is 27.8. The summed E-state index contributed by atoms with van der Waals surface area (Å²) in [5.41, 5.74) is 2.11. The van der Waals surface area contributed by atoms with Crippen LogP contribution in [0.2, 0.25) is 0 Å². The molecule has 0 bridgehead atoms. The van der Waals surface area contributed by atoms with Crippen molar-refractivity contribution >= 4 is 33.3 Å². The molecule has 0 aliphatic carbocycles. The van der Waals surface area contributed by atoms with E-state index in [-0.39, 0.29) is 17.6 Å². The topological polar surface area (TPSA) is 117 Å². The number of rotatable bonds is 6. The number of anilines is 3. The Kier molecular flexibility index (Phi) is 5.81. The van der Waals surface area contributed by atoms with Crippen LogP contribution in [0.5, 0.6) is 0 Å². The number of nitrogens with zero attached hydrogens (tertiary/aromatic N) is 4. The summed E-state index contributed by atoms with van der Waals surface area (Å²) in [6, 6.07) is 11.9. The van der Waals surface area contributed by atoms with Gasteiger partial charge in [-0.15, -0.1) is 0 Å². The normalized spacial score (nSPS) is 16.2. The predicted octanol–water partition coefficient (Wildman–Crippen LogP) is 2.96. The zero-order chi connectivity index (χ0) is 21.8. The van der Waals surface area contributed by atoms with Crippen LogP contribution < -0.4 is 10.0 Å². The molecule has 1 unspecified atom stereocenters. The third kappa shape index (κ3) is 4.97. The van der Waals surface area contributed by atoms with Crippen molar-refractivity contribution in [1.29, 1.82) is 0 Å². The molecule has 1 amide bonds. The van der Waals surface area contributed by atoms with Crippen LogP contribution in [0, 0.1) is 0 Å². The molecule has 3 aromatic rings. The number of carbonyl (C=O) groups is 1. The Morgan fingerprint density at radius 1 is 1.06 bits per heavy atom. The molecule has 1 aliphatic rings. The molecule has 2 N–H and O–H groups in total. The van der Waals surface area contributed by atoms with Gasteiger partial charge in [-0.3, -0.25) is 14.5 Å². The first-order valence-corrected chi connectivity index (χ1v) is 11.7. The van der Waals surface area contributed by atoms with E-state index in [1.807, 2.05) is 12.1 Å². The molecule has 3 heterocycles. The lowest BCUT2D eigenvalue weighted by Gasteiger charge is -2.25. The van der Waals surface area contributed by atoms with Gasteiger partial charge in [-0.1, -0.05) is 12.1 Å². The Hall–Kier alpha value is -3.53. The molecular weight excluding hydrogens is 416 g/mol. The molecule has 0 spiro atoms. The van der Waals surface area contributed by atoms with Gasteiger partial charge in [-0.25, -0.2) is 18.4 Å². The second-order valence-electron chi connectivity index (χ2n) is 7.25. The summed E-state index contributed by atoms with van der Waals surface area (Å²) in [5.74, 6) is 0.251. The van der Waals surface area contributed by atoms with E-state index >= 15 is 0 Å². The highest BCUT2D eigenvalue weighted by Crippen LogP contribution is 2.33. The number of carbonyl (C=O) groups excluding carboxylic acids is 1. The van der Waals surface area contributed by atoms with Crippen LogP contribution in [0.4, 0.5) is 17.3 Å². The second-order valence-corrected chi connectivity index (χ2v) is 8.99. The molecule has 2 aromatic heterocycles. The summed E-state index contributed by atoms with van der Waals surface area (Å²) >= 11 is 0. The summed E-state index contributed by atoms with van der Waals surface area (Å²) in [5, 5.41) is 3.08. The Morgan fingerprint density at radius 2 is 1.84 bits per heavy atom. The van der Waals surface area contributed by atoms with E-state index in [9.17, 15) is 13.2 Å². The minimum absolute atomic E-state index is 0.180. The average Bonchev–Trinajstić information content (AvgIpc) is 3.24. The maximum Gasteiger partial charge on any atom is 0.256 e. The van der Waals surface area contributed by atoms with Crippen molar-refractivity contribution in [2.45, 2.75) is 18.9 Å². The van der Waals surface area contributed by atoms with Crippen LogP contribution in [0.15, 0.2) is 61.1 Å². The van der Waals surface area contributed by atoms with E-state index in [1.165, 1.54) is 0 Å². The van der Waals surface area contributed by atoms with Gasteiger partial charge in [-0.2, -0.15) is 0 Å². The Morgan fingerprint density at radius 3 is 2.55 bits per heavy atom. The summed E-state index contributed by atoms with van der Waals surface area (Å²) in [7, 11) is -3.50. The molecule has 1 aliphatic heterocycles. The lowest BCUT2D eigenvalue weighted by molar-refractivity contribution is 0.0734. The van der Waals surface area contributed by atoms with E-state index < -0.39 is 10.0 Å². The molecular formula is C21H22N6O3S. The van der Waals surface area contributed by atoms with Crippen LogP contribution in [0.1, 0.15) is 34.9 Å². The largest absolute Gasteiger partial charge is 0.330 e. The van der Waals surface area contributed by atoms with Crippen LogP contribution in [-0.2, 0) is 10.0 Å². The molecule has 0 saturated carbocycles. The number of sulfonamides is 1. The summed E-state index contributed by atoms with van der Waals surface area (Å²) in [6.07, 6.45) is 7.68. The van der Waals surface area contributed by atoms with Crippen molar-refractivity contribution in [2.75, 3.05) is 22.8 Å². The first kappa shape index (κ1) is 20.7. The molecule has 1 fully saturated rings. The van der Waals surface area contributed by atoms with Crippen LogP contribution in [0.25, 0.3) is 0 Å². The number of benzene rings is 1. The molecule has 10 heteroatoms. The molecule has 1 atom stereocenters. The SMILES string of the molecule is CS(=O)(=O)Nc1ccccc1C(=O)N1CCCC1c1ccc(Nc2ncccn2)cn1. The maximum atomic E-state index is 13.3. The zero-order valence-electron chi connectivity index (χ0n) is 16.9. The average molecular weight is 439 g/mol. The van der Waals surface area contributed by atoms with Gasteiger partial charge in [0.1, 0.15) is 0 Å². The van der Waals surface area contributed by atoms with Crippen LogP contribution >= 0.6 is 0 Å². The number of aromatic nitrogens is 3. The standard InChI is InChI=1S/C21H22N6O3S/c1-31(29,30)26-17-7-3-2-6-16(17)20(28)27-13-4-8-19(27)18-10-9-15(14-24-18)25-21-22-11-5-12-23-21/h2-3,5-7,9-12,14,19,26H,4,8,13H2,1H3,(H,22,23,25). The third-order valence-electron chi connectivity index (χ3n) is 4.92. The number of nitrogens with one attached hydrogen (secondary N) is 2. The van der Waals surface area contributed by atoms with Crippen LogP contribution in [0.3, 0.4) is 0 Å². The molecule has 4 rings (SSSR count). The highest BCUT2D eigenvalue weighted by molar-refractivity contribution is 7.92. The zero-order valence-corrected chi connectivity index (χ0v) is 17.7. The highest BCUT2D eigenvalue weighted by Gasteiger charge is 2.32. The van der Waals surface area contributed by atoms with Gasteiger partial charge in [0.15, 0.2) is 0 Å². The fraction of sp³-hybridized carbons (Fsp3) is 0.238. The van der Waals surface area contributed by atoms with Crippen molar-refractivity contribution in [3.05, 3.63) is 72.3 Å². The molecule has 9 nitrogen and oxygen atoms in total. The summed E-state index contributed by atoms with van der Waals surface area (Å²) < 4.78 is 25.8. The van der Waals surface area contributed by atoms with Crippen molar-refractivity contribution in [2.24, 2.45) is 0 Å². The molecule has 1 aromatic carbocycles. The third-order valence-corrected chi connectivity index (χ3v) is 5.51. The predicted molar refractivity (Wildman–Crippen MR) is 117 cm³/mol. The van der Waals surface area contributed by atoms with E-state index in [1.54, 1.807) is 53.8 Å². The minimum atomic E-state index is -3.50. The van der Waals surface area contributed by atoms with E-state index in [4.69, 9.17) is 0 Å². The van der Waals surface area contributed by atoms with Crippen LogP contribution in [-0.4, -0.2) is 47.0 Å². The molecule has 0 radical (unpaired) electrons. The Bertz CT molecular complexity index is 1170. The number of pyridine rings is 1. The lowest BCUT2D eigenvalue weighted by Crippen LogP contribution is -2.31. The molecule has 31 heavy (non-hydrogen) atoms. The second kappa shape index (κ2) is 8.68. The van der Waals surface area contributed by atoms with Gasteiger partial charge in [-0.05, 0) is 43.2 Å². The van der Waals surface area contributed by atoms with Crippen molar-refractivity contribution in [3.8, 4) is 0 Å². The van der Waals surface area contributed by atoms with Gasteiger partial charge in [0.2, 0.25) is 16.0 Å². The Balaban J connectivity index is 1.54. The summed E-state index contributed by atoms with van der Waals surface area (Å²) in [6.45, 7) is 0.580. The van der Waals surface area contributed by atoms with E-state index in [0.29, 0.717) is 18.1 Å². The fourth-order valence-corrected chi connectivity index (χ4v) is 4.18. The molecule has 1 saturated heterocycles.